The van der Waals surface area contributed by atoms with Crippen LogP contribution in [0, 0.1) is 0 Å². The molecule has 184 valence electrons. The summed E-state index contributed by atoms with van der Waals surface area (Å²) in [5.74, 6) is 1.16. The van der Waals surface area contributed by atoms with E-state index in [1.165, 1.54) is 0 Å². The van der Waals surface area contributed by atoms with Crippen molar-refractivity contribution in [1.29, 1.82) is 0 Å². The van der Waals surface area contributed by atoms with Crippen molar-refractivity contribution in [3.05, 3.63) is 72.5 Å². The molecule has 2 amide bonds. The molecule has 2 aliphatic rings. The van der Waals surface area contributed by atoms with Gasteiger partial charge in [0.25, 0.3) is 0 Å². The first-order chi connectivity index (χ1) is 16.7. The molecule has 2 aliphatic heterocycles. The molecular formula is C25H26F3N5O2. The molecule has 2 aromatic rings. The summed E-state index contributed by atoms with van der Waals surface area (Å²) >= 11 is 0. The summed E-state index contributed by atoms with van der Waals surface area (Å²) in [7, 11) is 0. The molecule has 35 heavy (non-hydrogen) atoms. The molecule has 0 saturated carbocycles. The zero-order valence-corrected chi connectivity index (χ0v) is 19.3. The number of alkyl halides is 3. The van der Waals surface area contributed by atoms with Crippen LogP contribution in [0.2, 0.25) is 0 Å². The predicted octanol–water partition coefficient (Wildman–Crippen LogP) is 5.36. The maximum absolute atomic E-state index is 12.5. The van der Waals surface area contributed by atoms with Crippen LogP contribution in [-0.4, -0.2) is 45.8 Å². The normalized spacial score (nSPS) is 17.4. The molecule has 1 unspecified atom stereocenters. The number of benzene rings is 1. The number of allylic oxidation sites excluding steroid dienone is 3. The van der Waals surface area contributed by atoms with Crippen LogP contribution in [-0.2, 0) is 0 Å². The van der Waals surface area contributed by atoms with Gasteiger partial charge in [-0.25, -0.2) is 14.8 Å². The number of nitrogens with one attached hydrogen (secondary N) is 2. The zero-order valence-electron chi connectivity index (χ0n) is 19.3. The van der Waals surface area contributed by atoms with Crippen molar-refractivity contribution in [3.8, 4) is 5.75 Å². The molecule has 0 radical (unpaired) electrons. The van der Waals surface area contributed by atoms with Gasteiger partial charge in [0.15, 0.2) is 5.82 Å². The average Bonchev–Trinajstić information content (AvgIpc) is 2.81. The molecule has 10 heteroatoms. The Morgan fingerprint density at radius 3 is 2.71 bits per heavy atom. The second-order valence-electron chi connectivity index (χ2n) is 8.49. The molecule has 0 spiro atoms. The number of aromatic nitrogens is 2. The molecule has 1 aromatic carbocycles. The van der Waals surface area contributed by atoms with Gasteiger partial charge in [0.05, 0.1) is 12.1 Å². The fourth-order valence-corrected chi connectivity index (χ4v) is 3.97. The minimum Gasteiger partial charge on any atom is -0.491 e. The SMILES string of the molecule is CC(C)Oc1cc(NC(=O)NCC(F)(F)F)cc(C2=CCCC3C=C(c4ncccn4)C=CN23)c1. The second kappa shape index (κ2) is 10.2. The number of carbonyl (C=O) groups excluding carboxylic acids is 1. The number of nitrogens with zero attached hydrogens (tertiary/aromatic N) is 3. The molecule has 0 aliphatic carbocycles. The third kappa shape index (κ3) is 6.40. The Labute approximate surface area is 201 Å². The summed E-state index contributed by atoms with van der Waals surface area (Å²) in [4.78, 5) is 22.8. The Balaban J connectivity index is 1.59. The molecular weight excluding hydrogens is 459 g/mol. The Kier molecular flexibility index (Phi) is 7.09. The van der Waals surface area contributed by atoms with Crippen LogP contribution in [0.4, 0.5) is 23.7 Å². The molecule has 3 heterocycles. The molecule has 0 saturated heterocycles. The van der Waals surface area contributed by atoms with Crippen molar-refractivity contribution in [2.24, 2.45) is 0 Å². The van der Waals surface area contributed by atoms with E-state index in [9.17, 15) is 18.0 Å². The fourth-order valence-electron chi connectivity index (χ4n) is 3.97. The lowest BCUT2D eigenvalue weighted by Crippen LogP contribution is -2.36. The highest BCUT2D eigenvalue weighted by Crippen LogP contribution is 2.36. The maximum Gasteiger partial charge on any atom is 0.405 e. The Bertz CT molecular complexity index is 1160. The van der Waals surface area contributed by atoms with Crippen LogP contribution in [0.3, 0.4) is 0 Å². The maximum atomic E-state index is 12.5. The number of urea groups is 1. The molecule has 0 bridgehead atoms. The van der Waals surface area contributed by atoms with E-state index in [4.69, 9.17) is 4.74 Å². The van der Waals surface area contributed by atoms with E-state index >= 15 is 0 Å². The first kappa shape index (κ1) is 24.3. The third-order valence-corrected chi connectivity index (χ3v) is 5.33. The van der Waals surface area contributed by atoms with Crippen LogP contribution < -0.4 is 15.4 Å². The van der Waals surface area contributed by atoms with Crippen molar-refractivity contribution < 1.29 is 22.7 Å². The molecule has 1 atom stereocenters. The number of hydrogen-bond acceptors (Lipinski definition) is 5. The van der Waals surface area contributed by atoms with Gasteiger partial charge in [-0.05, 0) is 51.0 Å². The predicted molar refractivity (Wildman–Crippen MR) is 127 cm³/mol. The van der Waals surface area contributed by atoms with E-state index in [0.717, 1.165) is 29.7 Å². The molecule has 4 rings (SSSR count). The van der Waals surface area contributed by atoms with Gasteiger partial charge in [0.1, 0.15) is 12.3 Å². The summed E-state index contributed by atoms with van der Waals surface area (Å²) in [5, 5.41) is 4.31. The first-order valence-electron chi connectivity index (χ1n) is 11.3. The number of ether oxygens (including phenoxy) is 1. The smallest absolute Gasteiger partial charge is 0.405 e. The van der Waals surface area contributed by atoms with E-state index in [1.54, 1.807) is 30.6 Å². The van der Waals surface area contributed by atoms with Gasteiger partial charge in [-0.1, -0.05) is 12.2 Å². The number of carbonyl (C=O) groups is 1. The molecule has 1 aromatic heterocycles. The van der Waals surface area contributed by atoms with Crippen LogP contribution in [0.1, 0.15) is 38.1 Å². The van der Waals surface area contributed by atoms with Crippen molar-refractivity contribution in [3.63, 3.8) is 0 Å². The van der Waals surface area contributed by atoms with Crippen LogP contribution >= 0.6 is 0 Å². The lowest BCUT2D eigenvalue weighted by molar-refractivity contribution is -0.122. The first-order valence-corrected chi connectivity index (χ1v) is 11.3. The van der Waals surface area contributed by atoms with Gasteiger partial charge in [0.2, 0.25) is 0 Å². The van der Waals surface area contributed by atoms with E-state index in [1.807, 2.05) is 37.5 Å². The van der Waals surface area contributed by atoms with Crippen molar-refractivity contribution in [2.75, 3.05) is 11.9 Å². The summed E-state index contributed by atoms with van der Waals surface area (Å²) in [6.45, 7) is 2.33. The van der Waals surface area contributed by atoms with Gasteiger partial charge in [-0.2, -0.15) is 13.2 Å². The summed E-state index contributed by atoms with van der Waals surface area (Å²) in [6, 6.07) is 6.08. The van der Waals surface area contributed by atoms with Gasteiger partial charge in [-0.3, -0.25) is 0 Å². The largest absolute Gasteiger partial charge is 0.491 e. The van der Waals surface area contributed by atoms with Gasteiger partial charge in [0, 0.05) is 47.2 Å². The average molecular weight is 486 g/mol. The van der Waals surface area contributed by atoms with Gasteiger partial charge in [-0.15, -0.1) is 0 Å². The Hall–Kier alpha value is -3.82. The third-order valence-electron chi connectivity index (χ3n) is 5.33. The lowest BCUT2D eigenvalue weighted by atomic mass is 9.94. The number of hydrogen-bond donors (Lipinski definition) is 2. The second-order valence-corrected chi connectivity index (χ2v) is 8.49. The minimum atomic E-state index is -4.50. The zero-order chi connectivity index (χ0) is 25.0. The highest BCUT2D eigenvalue weighted by Gasteiger charge is 2.28. The summed E-state index contributed by atoms with van der Waals surface area (Å²) in [5.41, 5.74) is 2.95. The summed E-state index contributed by atoms with van der Waals surface area (Å²) < 4.78 is 43.3. The minimum absolute atomic E-state index is 0.0833. The van der Waals surface area contributed by atoms with Gasteiger partial charge < -0.3 is 20.3 Å². The van der Waals surface area contributed by atoms with Crippen molar-refractivity contribution >= 4 is 23.0 Å². The number of halogens is 3. The highest BCUT2D eigenvalue weighted by molar-refractivity contribution is 5.90. The monoisotopic (exact) mass is 485 g/mol. The Morgan fingerprint density at radius 1 is 1.23 bits per heavy atom. The summed E-state index contributed by atoms with van der Waals surface area (Å²) in [6.07, 6.45) is 8.65. The Morgan fingerprint density at radius 2 is 2.00 bits per heavy atom. The van der Waals surface area contributed by atoms with Crippen LogP contribution in [0.5, 0.6) is 5.75 Å². The molecule has 2 N–H and O–H groups in total. The van der Waals surface area contributed by atoms with Crippen LogP contribution in [0.25, 0.3) is 11.3 Å². The molecule has 0 fully saturated rings. The fraction of sp³-hybridized carbons (Fsp3) is 0.320. The van der Waals surface area contributed by atoms with E-state index < -0.39 is 18.8 Å². The van der Waals surface area contributed by atoms with Crippen molar-refractivity contribution in [2.45, 2.75) is 45.0 Å². The van der Waals surface area contributed by atoms with E-state index in [0.29, 0.717) is 17.3 Å². The lowest BCUT2D eigenvalue weighted by Gasteiger charge is -2.37. The number of fused-ring (bicyclic) bond motifs is 1. The highest BCUT2D eigenvalue weighted by atomic mass is 19.4. The molecule has 7 nitrogen and oxygen atoms in total. The number of anilines is 1. The van der Waals surface area contributed by atoms with Gasteiger partial charge >= 0.3 is 12.2 Å². The standard InChI is InChI=1S/C25H26F3N5O2/c1-16(2)35-21-13-18(11-19(14-21)32-24(34)31-15-25(26,27)28)22-6-3-5-20-12-17(7-10-33(20)22)23-29-8-4-9-30-23/h4,6-14,16,20H,3,5,15H2,1-2H3,(H2,31,32,34). The number of amides is 2. The van der Waals surface area contributed by atoms with E-state index in [2.05, 4.69) is 32.3 Å². The quantitative estimate of drug-likeness (QED) is 0.576. The topological polar surface area (TPSA) is 79.4 Å². The van der Waals surface area contributed by atoms with Crippen LogP contribution in [0.15, 0.2) is 61.1 Å². The van der Waals surface area contributed by atoms with E-state index in [-0.39, 0.29) is 12.1 Å². The van der Waals surface area contributed by atoms with Crippen molar-refractivity contribution in [1.82, 2.24) is 20.2 Å². The number of rotatable bonds is 6.